The van der Waals surface area contributed by atoms with Crippen LogP contribution in [0.5, 0.6) is 0 Å². The highest BCUT2D eigenvalue weighted by molar-refractivity contribution is 5.87. The van der Waals surface area contributed by atoms with Crippen LogP contribution in [0.1, 0.15) is 125 Å². The number of aromatic nitrogens is 4. The van der Waals surface area contributed by atoms with Crippen LogP contribution < -0.4 is 10.6 Å². The van der Waals surface area contributed by atoms with Crippen LogP contribution in [0.15, 0.2) is 36.7 Å². The minimum atomic E-state index is -0.570. The van der Waals surface area contributed by atoms with Crippen LogP contribution in [0.3, 0.4) is 0 Å². The van der Waals surface area contributed by atoms with Crippen LogP contribution in [0.25, 0.3) is 11.3 Å². The zero-order chi connectivity index (χ0) is 38.6. The van der Waals surface area contributed by atoms with E-state index < -0.39 is 24.3 Å². The third kappa shape index (κ3) is 6.72. The van der Waals surface area contributed by atoms with Gasteiger partial charge in [0, 0.05) is 30.4 Å². The molecule has 2 aromatic heterocycles. The Bertz CT molecular complexity index is 1940. The second-order valence-corrected chi connectivity index (χ2v) is 17.3. The fourth-order valence-electron chi connectivity index (χ4n) is 10.4. The van der Waals surface area contributed by atoms with Gasteiger partial charge in [0.15, 0.2) is 0 Å². The van der Waals surface area contributed by atoms with Crippen molar-refractivity contribution in [1.82, 2.24) is 40.4 Å². The van der Waals surface area contributed by atoms with Crippen molar-refractivity contribution in [2.75, 3.05) is 27.3 Å². The van der Waals surface area contributed by atoms with E-state index in [1.54, 1.807) is 0 Å². The van der Waals surface area contributed by atoms with Crippen LogP contribution in [0.4, 0.5) is 9.59 Å². The number of imidazole rings is 2. The van der Waals surface area contributed by atoms with Gasteiger partial charge in [0.25, 0.3) is 0 Å². The average Bonchev–Trinajstić information content (AvgIpc) is 3.95. The zero-order valence-electron chi connectivity index (χ0n) is 32.5. The quantitative estimate of drug-likeness (QED) is 0.186. The van der Waals surface area contributed by atoms with E-state index in [-0.39, 0.29) is 46.6 Å². The van der Waals surface area contributed by atoms with Gasteiger partial charge in [-0.05, 0) is 118 Å². The highest BCUT2D eigenvalue weighted by atomic mass is 16.5. The lowest BCUT2D eigenvalue weighted by molar-refractivity contribution is -0.135. The van der Waals surface area contributed by atoms with Crippen LogP contribution in [-0.4, -0.2) is 93.1 Å². The SMILES string of the molecule is COC(=O)NC(C(=O)N1CCCC1c1ncc(-c2ccc(C34CCC(c5cnc(C6CCCN6C(=O)C(NC(=O)OC)C6CC6)[nH]5)(CC3)CC4)cc2)[nH]1)C1CC1. The number of hydrogen-bond acceptors (Lipinski definition) is 8. The molecule has 2 bridgehead atoms. The molecule has 4 unspecified atom stereocenters. The Kier molecular flexibility index (Phi) is 9.56. The van der Waals surface area contributed by atoms with E-state index >= 15 is 0 Å². The molecule has 3 aromatic rings. The molecule has 14 nitrogen and oxygen atoms in total. The molecule has 10 rings (SSSR count). The molecule has 56 heavy (non-hydrogen) atoms. The van der Waals surface area contributed by atoms with E-state index in [0.717, 1.165) is 113 Å². The largest absolute Gasteiger partial charge is 0.453 e. The number of aromatic amines is 2. The molecule has 7 aliphatic rings. The molecule has 1 aromatic carbocycles. The highest BCUT2D eigenvalue weighted by Crippen LogP contribution is 2.58. The summed E-state index contributed by atoms with van der Waals surface area (Å²) >= 11 is 0. The maximum Gasteiger partial charge on any atom is 0.407 e. The number of methoxy groups -OCH3 is 2. The van der Waals surface area contributed by atoms with Crippen molar-refractivity contribution in [1.29, 1.82) is 0 Å². The molecule has 4 atom stereocenters. The van der Waals surface area contributed by atoms with Crippen LogP contribution >= 0.6 is 0 Å². The summed E-state index contributed by atoms with van der Waals surface area (Å²) in [5.74, 6) is 1.88. The summed E-state index contributed by atoms with van der Waals surface area (Å²) < 4.78 is 9.63. The van der Waals surface area contributed by atoms with Crippen molar-refractivity contribution in [2.45, 2.75) is 125 Å². The van der Waals surface area contributed by atoms with Crippen molar-refractivity contribution in [3.8, 4) is 11.3 Å². The van der Waals surface area contributed by atoms with E-state index in [0.29, 0.717) is 13.1 Å². The first-order valence-corrected chi connectivity index (χ1v) is 20.7. The average molecular weight is 767 g/mol. The van der Waals surface area contributed by atoms with Crippen molar-refractivity contribution in [3.05, 3.63) is 59.6 Å². The predicted octanol–water partition coefficient (Wildman–Crippen LogP) is 5.94. The van der Waals surface area contributed by atoms with Gasteiger partial charge in [-0.3, -0.25) is 9.59 Å². The number of fused-ring (bicyclic) bond motifs is 3. The number of rotatable bonds is 11. The Balaban J connectivity index is 0.840. The third-order valence-electron chi connectivity index (χ3n) is 14.2. The van der Waals surface area contributed by atoms with Gasteiger partial charge in [0.05, 0.1) is 38.2 Å². The molecule has 0 radical (unpaired) electrons. The normalized spacial score (nSPS) is 28.2. The maximum atomic E-state index is 13.7. The molecule has 4 heterocycles. The number of amides is 4. The Labute approximate surface area is 327 Å². The van der Waals surface area contributed by atoms with E-state index in [1.165, 1.54) is 25.5 Å². The second kappa shape index (κ2) is 14.6. The molecule has 5 aliphatic carbocycles. The van der Waals surface area contributed by atoms with Gasteiger partial charge in [-0.25, -0.2) is 19.6 Å². The zero-order valence-corrected chi connectivity index (χ0v) is 32.5. The summed E-state index contributed by atoms with van der Waals surface area (Å²) in [7, 11) is 2.65. The molecular weight excluding hydrogens is 713 g/mol. The Morgan fingerprint density at radius 3 is 1.66 bits per heavy atom. The van der Waals surface area contributed by atoms with E-state index in [9.17, 15) is 19.2 Å². The number of nitrogens with zero attached hydrogens (tertiary/aromatic N) is 4. The lowest BCUT2D eigenvalue weighted by Gasteiger charge is -2.53. The van der Waals surface area contributed by atoms with Crippen LogP contribution in [0, 0.1) is 11.8 Å². The fraction of sp³-hybridized carbons (Fsp3) is 0.619. The monoisotopic (exact) mass is 766 g/mol. The molecule has 7 fully saturated rings. The Morgan fingerprint density at radius 2 is 1.16 bits per heavy atom. The smallest absolute Gasteiger partial charge is 0.407 e. The highest BCUT2D eigenvalue weighted by Gasteiger charge is 2.51. The molecule has 5 saturated carbocycles. The number of alkyl carbamates (subject to hydrolysis) is 2. The van der Waals surface area contributed by atoms with Crippen LogP contribution in [-0.2, 0) is 29.9 Å². The van der Waals surface area contributed by atoms with Gasteiger partial charge in [-0.2, -0.15) is 0 Å². The van der Waals surface area contributed by atoms with Crippen molar-refractivity contribution >= 4 is 24.0 Å². The first-order chi connectivity index (χ1) is 27.2. The molecular formula is C42H54N8O6. The summed E-state index contributed by atoms with van der Waals surface area (Å²) in [5.41, 5.74) is 4.81. The standard InChI is InChI=1S/C42H54N8O6/c1-55-39(53)47-33(26-7-8-26)37(51)49-21-3-5-30(49)35-43-23-29(45-35)25-11-13-28(14-12-25)41-15-18-42(19-16-41,20-17-41)32-24-44-36(46-32)31-6-4-22-50(31)38(52)34(27-9-10-27)48-40(54)56-2/h11-14,23-24,26-27,30-31,33-34H,3-10,15-22H2,1-2H3,(H,43,45)(H,44,46)(H,47,53)(H,48,54). The number of likely N-dealkylation sites (tertiary alicyclic amines) is 2. The summed E-state index contributed by atoms with van der Waals surface area (Å²) in [6.07, 6.45) is 16.6. The molecule has 4 N–H and O–H groups in total. The molecule has 2 aliphatic heterocycles. The number of nitrogens with one attached hydrogen (secondary N) is 4. The number of ether oxygens (including phenoxy) is 2. The van der Waals surface area contributed by atoms with Gasteiger partial charge in [-0.1, -0.05) is 24.3 Å². The van der Waals surface area contributed by atoms with Gasteiger partial charge in [-0.15, -0.1) is 0 Å². The van der Waals surface area contributed by atoms with E-state index in [4.69, 9.17) is 19.4 Å². The predicted molar refractivity (Wildman–Crippen MR) is 205 cm³/mol. The van der Waals surface area contributed by atoms with E-state index in [2.05, 4.69) is 44.9 Å². The lowest BCUT2D eigenvalue weighted by Crippen LogP contribution is -2.49. The topological polar surface area (TPSA) is 175 Å². The first-order valence-electron chi connectivity index (χ1n) is 20.7. The van der Waals surface area contributed by atoms with Gasteiger partial charge >= 0.3 is 12.2 Å². The number of H-pyrrole nitrogens is 2. The third-order valence-corrected chi connectivity index (χ3v) is 14.2. The lowest BCUT2D eigenvalue weighted by atomic mass is 9.51. The summed E-state index contributed by atoms with van der Waals surface area (Å²) in [6.45, 7) is 1.31. The summed E-state index contributed by atoms with van der Waals surface area (Å²) in [4.78, 5) is 72.1. The van der Waals surface area contributed by atoms with Gasteiger partial charge in [0.2, 0.25) is 11.8 Å². The number of carbonyl (C=O) groups excluding carboxylic acids is 4. The molecule has 4 amide bonds. The summed E-state index contributed by atoms with van der Waals surface area (Å²) in [5, 5.41) is 5.58. The number of benzene rings is 1. The molecule has 0 spiro atoms. The van der Waals surface area contributed by atoms with E-state index in [1.807, 2.05) is 22.2 Å². The summed E-state index contributed by atoms with van der Waals surface area (Å²) in [6, 6.07) is 7.61. The van der Waals surface area contributed by atoms with Crippen molar-refractivity contribution in [3.63, 3.8) is 0 Å². The molecule has 2 saturated heterocycles. The van der Waals surface area contributed by atoms with Crippen LogP contribution in [0.2, 0.25) is 0 Å². The van der Waals surface area contributed by atoms with Crippen molar-refractivity contribution < 1.29 is 28.7 Å². The first kappa shape index (κ1) is 36.7. The second-order valence-electron chi connectivity index (χ2n) is 17.3. The number of carbonyl (C=O) groups is 4. The minimum absolute atomic E-state index is 0.0313. The molecule has 298 valence electrons. The molecule has 14 heteroatoms. The fourth-order valence-corrected chi connectivity index (χ4v) is 10.4. The minimum Gasteiger partial charge on any atom is -0.453 e. The van der Waals surface area contributed by atoms with Gasteiger partial charge in [0.1, 0.15) is 23.7 Å². The van der Waals surface area contributed by atoms with Gasteiger partial charge < -0.3 is 39.9 Å². The maximum absolute atomic E-state index is 13.7. The Morgan fingerprint density at radius 1 is 0.679 bits per heavy atom. The van der Waals surface area contributed by atoms with Crippen molar-refractivity contribution in [2.24, 2.45) is 11.8 Å². The number of hydrogen-bond donors (Lipinski definition) is 4. The Hall–Kier alpha value is -4.88.